The molecule has 0 bridgehead atoms. The number of nitrogens with zero attached hydrogens (tertiary/aromatic N) is 1. The molecule has 0 radical (unpaired) electrons. The van der Waals surface area contributed by atoms with E-state index in [-0.39, 0.29) is 6.42 Å². The maximum Gasteiger partial charge on any atom is 0.280 e. The van der Waals surface area contributed by atoms with E-state index in [4.69, 9.17) is 9.47 Å². The van der Waals surface area contributed by atoms with Gasteiger partial charge in [-0.05, 0) is 48.7 Å². The largest absolute Gasteiger partial charge is 0.493 e. The van der Waals surface area contributed by atoms with Crippen molar-refractivity contribution in [2.24, 2.45) is 0 Å². The van der Waals surface area contributed by atoms with Gasteiger partial charge in [-0.15, -0.1) is 0 Å². The third-order valence-corrected chi connectivity index (χ3v) is 6.94. The van der Waals surface area contributed by atoms with E-state index in [1.54, 1.807) is 49.4 Å². The summed E-state index contributed by atoms with van der Waals surface area (Å²) in [6.07, 6.45) is -0.393. The number of likely N-dealkylation sites (N-methyl/N-ethyl adjacent to an activating group) is 1. The van der Waals surface area contributed by atoms with Crippen LogP contribution in [0.2, 0.25) is 0 Å². The van der Waals surface area contributed by atoms with Crippen LogP contribution < -0.4 is 19.5 Å². The van der Waals surface area contributed by atoms with Crippen LogP contribution in [0.4, 0.5) is 5.69 Å². The fraction of sp³-hybridized carbons (Fsp3) is 0.381. The molecule has 2 aromatic rings. The minimum Gasteiger partial charge on any atom is -0.493 e. The third kappa shape index (κ3) is 4.99. The first-order valence-corrected chi connectivity index (χ1v) is 11.2. The maximum atomic E-state index is 12.9. The molecule has 0 spiro atoms. The van der Waals surface area contributed by atoms with Gasteiger partial charge < -0.3 is 19.9 Å². The average molecular weight is 450 g/mol. The SMILES string of the molecule is COc1ccc([C@@H]2C[C@H](C(=O)Nc3ccc([C@@H](C)O)cc3)N(C)S(=O)(=O)N2)cc1OC. The van der Waals surface area contributed by atoms with E-state index >= 15 is 0 Å². The van der Waals surface area contributed by atoms with Crippen LogP contribution in [0.3, 0.4) is 0 Å². The fourth-order valence-corrected chi connectivity index (χ4v) is 4.74. The normalized spacial score (nSPS) is 21.8. The standard InChI is InChI=1S/C21H27N3O6S/c1-13(25)14-5-8-16(9-6-14)22-21(26)18-12-17(23-31(27,28)24(18)2)15-7-10-19(29-3)20(11-15)30-4/h5-11,13,17-18,23,25H,12H2,1-4H3,(H,22,26)/t13-,17+,18-/m1/s1. The van der Waals surface area contributed by atoms with E-state index in [1.807, 2.05) is 0 Å². The summed E-state index contributed by atoms with van der Waals surface area (Å²) in [5.74, 6) is 0.553. The molecule has 10 heteroatoms. The van der Waals surface area contributed by atoms with Gasteiger partial charge in [0.25, 0.3) is 10.2 Å². The maximum absolute atomic E-state index is 12.9. The summed E-state index contributed by atoms with van der Waals surface area (Å²) in [7, 11) is 0.505. The second-order valence-corrected chi connectivity index (χ2v) is 9.11. The number of rotatable bonds is 6. The molecule has 3 rings (SSSR count). The third-order valence-electron chi connectivity index (χ3n) is 5.34. The highest BCUT2D eigenvalue weighted by molar-refractivity contribution is 7.87. The van der Waals surface area contributed by atoms with Crippen molar-refractivity contribution in [3.63, 3.8) is 0 Å². The van der Waals surface area contributed by atoms with Gasteiger partial charge in [-0.1, -0.05) is 18.2 Å². The second kappa shape index (κ2) is 9.23. The monoisotopic (exact) mass is 449 g/mol. The lowest BCUT2D eigenvalue weighted by atomic mass is 9.99. The van der Waals surface area contributed by atoms with Gasteiger partial charge in [0.05, 0.1) is 26.4 Å². The lowest BCUT2D eigenvalue weighted by molar-refractivity contribution is -0.120. The van der Waals surface area contributed by atoms with Gasteiger partial charge in [0.1, 0.15) is 6.04 Å². The molecule has 168 valence electrons. The van der Waals surface area contributed by atoms with Crippen molar-refractivity contribution in [2.45, 2.75) is 31.5 Å². The van der Waals surface area contributed by atoms with Crippen molar-refractivity contribution in [3.8, 4) is 11.5 Å². The van der Waals surface area contributed by atoms with Gasteiger partial charge in [-0.3, -0.25) is 4.79 Å². The Morgan fingerprint density at radius 3 is 2.39 bits per heavy atom. The van der Waals surface area contributed by atoms with Crippen LogP contribution in [0.25, 0.3) is 0 Å². The smallest absolute Gasteiger partial charge is 0.280 e. The summed E-state index contributed by atoms with van der Waals surface area (Å²) in [5.41, 5.74) is 1.89. The zero-order valence-electron chi connectivity index (χ0n) is 17.8. The van der Waals surface area contributed by atoms with Crippen molar-refractivity contribution in [3.05, 3.63) is 53.6 Å². The number of carbonyl (C=O) groups excluding carboxylic acids is 1. The number of carbonyl (C=O) groups is 1. The van der Waals surface area contributed by atoms with E-state index in [0.29, 0.717) is 28.3 Å². The highest BCUT2D eigenvalue weighted by atomic mass is 32.2. The summed E-state index contributed by atoms with van der Waals surface area (Å²) in [6.45, 7) is 1.65. The predicted octanol–water partition coefficient (Wildman–Crippen LogP) is 1.98. The summed E-state index contributed by atoms with van der Waals surface area (Å²) < 4.78 is 39.5. The highest BCUT2D eigenvalue weighted by Crippen LogP contribution is 2.34. The summed E-state index contributed by atoms with van der Waals surface area (Å²) in [6, 6.07) is 10.3. The molecule has 1 fully saturated rings. The van der Waals surface area contributed by atoms with Crippen LogP contribution in [0.15, 0.2) is 42.5 Å². The summed E-state index contributed by atoms with van der Waals surface area (Å²) in [5, 5.41) is 12.4. The van der Waals surface area contributed by atoms with Crippen LogP contribution in [0.5, 0.6) is 11.5 Å². The molecule has 1 saturated heterocycles. The van der Waals surface area contributed by atoms with Crippen molar-refractivity contribution < 1.29 is 27.8 Å². The molecule has 3 N–H and O–H groups in total. The molecule has 1 amide bonds. The van der Waals surface area contributed by atoms with Crippen LogP contribution in [-0.4, -0.2) is 51.0 Å². The molecule has 0 aliphatic carbocycles. The average Bonchev–Trinajstić information content (AvgIpc) is 2.75. The van der Waals surface area contributed by atoms with Crippen molar-refractivity contribution in [2.75, 3.05) is 26.6 Å². The molecule has 0 unspecified atom stereocenters. The second-order valence-electron chi connectivity index (χ2n) is 7.34. The Balaban J connectivity index is 1.83. The predicted molar refractivity (Wildman–Crippen MR) is 116 cm³/mol. The van der Waals surface area contributed by atoms with Gasteiger partial charge in [-0.2, -0.15) is 17.4 Å². The Labute approximate surface area is 182 Å². The van der Waals surface area contributed by atoms with E-state index in [1.165, 1.54) is 21.3 Å². The van der Waals surface area contributed by atoms with Crippen LogP contribution in [0.1, 0.15) is 36.6 Å². The molecule has 31 heavy (non-hydrogen) atoms. The van der Waals surface area contributed by atoms with Crippen LogP contribution in [-0.2, 0) is 15.0 Å². The Morgan fingerprint density at radius 1 is 1.16 bits per heavy atom. The number of methoxy groups -OCH3 is 2. The van der Waals surface area contributed by atoms with Gasteiger partial charge in [0.15, 0.2) is 11.5 Å². The number of hydrogen-bond donors (Lipinski definition) is 3. The molecule has 1 aliphatic heterocycles. The molecule has 1 aliphatic rings. The zero-order valence-corrected chi connectivity index (χ0v) is 18.6. The Kier molecular flexibility index (Phi) is 6.85. The Bertz CT molecular complexity index is 1040. The number of amides is 1. The van der Waals surface area contributed by atoms with Gasteiger partial charge in [-0.25, -0.2) is 0 Å². The number of aliphatic hydroxyl groups excluding tert-OH is 1. The van der Waals surface area contributed by atoms with E-state index in [9.17, 15) is 18.3 Å². The molecule has 0 aromatic heterocycles. The molecular formula is C21H27N3O6S. The van der Waals surface area contributed by atoms with Gasteiger partial charge in [0, 0.05) is 12.7 Å². The minimum absolute atomic E-state index is 0.225. The first kappa shape index (κ1) is 23.0. The number of nitrogens with one attached hydrogen (secondary N) is 2. The van der Waals surface area contributed by atoms with E-state index in [2.05, 4.69) is 10.0 Å². The van der Waals surface area contributed by atoms with E-state index in [0.717, 1.165) is 4.31 Å². The first-order valence-electron chi connectivity index (χ1n) is 9.72. The lowest BCUT2D eigenvalue weighted by Gasteiger charge is -2.36. The van der Waals surface area contributed by atoms with Crippen molar-refractivity contribution in [1.82, 2.24) is 9.03 Å². The number of benzene rings is 2. The van der Waals surface area contributed by atoms with E-state index < -0.39 is 34.3 Å². The van der Waals surface area contributed by atoms with Crippen LogP contribution >= 0.6 is 0 Å². The topological polar surface area (TPSA) is 117 Å². The first-order chi connectivity index (χ1) is 14.7. The lowest BCUT2D eigenvalue weighted by Crippen LogP contribution is -2.55. The molecule has 0 saturated carbocycles. The fourth-order valence-electron chi connectivity index (χ4n) is 3.47. The molecular weight excluding hydrogens is 422 g/mol. The quantitative estimate of drug-likeness (QED) is 0.621. The Morgan fingerprint density at radius 2 is 1.81 bits per heavy atom. The number of hydrogen-bond acceptors (Lipinski definition) is 6. The van der Waals surface area contributed by atoms with Gasteiger partial charge >= 0.3 is 0 Å². The number of anilines is 1. The van der Waals surface area contributed by atoms with Crippen molar-refractivity contribution >= 4 is 21.8 Å². The zero-order chi connectivity index (χ0) is 22.8. The van der Waals surface area contributed by atoms with Gasteiger partial charge in [0.2, 0.25) is 5.91 Å². The molecule has 3 atom stereocenters. The molecule has 2 aromatic carbocycles. The number of aliphatic hydroxyl groups is 1. The number of ether oxygens (including phenoxy) is 2. The Hall–Kier alpha value is -2.66. The molecule has 1 heterocycles. The minimum atomic E-state index is -3.88. The van der Waals surface area contributed by atoms with Crippen LogP contribution in [0, 0.1) is 0 Å². The van der Waals surface area contributed by atoms with Crippen molar-refractivity contribution in [1.29, 1.82) is 0 Å². The summed E-state index contributed by atoms with van der Waals surface area (Å²) in [4.78, 5) is 12.9. The molecule has 9 nitrogen and oxygen atoms in total. The summed E-state index contributed by atoms with van der Waals surface area (Å²) >= 11 is 0. The highest BCUT2D eigenvalue weighted by Gasteiger charge is 2.40.